The Morgan fingerprint density at radius 2 is 1.63 bits per heavy atom. The van der Waals surface area contributed by atoms with Gasteiger partial charge in [-0.3, -0.25) is 4.90 Å². The number of hydrogen-bond donors (Lipinski definition) is 0. The molecule has 0 saturated carbocycles. The average molecular weight is 592 g/mol. The molecule has 5 rings (SSSR count). The van der Waals surface area contributed by atoms with Gasteiger partial charge in [0.25, 0.3) is 0 Å². The molecule has 5 nitrogen and oxygen atoms in total. The van der Waals surface area contributed by atoms with Crippen LogP contribution in [0.5, 0.6) is 11.5 Å². The first kappa shape index (κ1) is 30.2. The van der Waals surface area contributed by atoms with Crippen molar-refractivity contribution in [2.75, 3.05) is 40.0 Å². The Morgan fingerprint density at radius 1 is 0.907 bits per heavy atom. The van der Waals surface area contributed by atoms with Crippen molar-refractivity contribution >= 4 is 22.9 Å². The van der Waals surface area contributed by atoms with E-state index in [4.69, 9.17) is 9.47 Å². The Bertz CT molecular complexity index is 1620. The third-order valence-corrected chi connectivity index (χ3v) is 8.46. The summed E-state index contributed by atoms with van der Waals surface area (Å²) >= 11 is 1.80. The maximum atomic E-state index is 11.4. The van der Waals surface area contributed by atoms with Gasteiger partial charge in [0.15, 0.2) is 6.61 Å². The van der Waals surface area contributed by atoms with Crippen molar-refractivity contribution in [3.63, 3.8) is 0 Å². The number of nitrogens with zero attached hydrogens (tertiary/aromatic N) is 1. The van der Waals surface area contributed by atoms with Crippen molar-refractivity contribution in [3.8, 4) is 33.8 Å². The standard InChI is InChI=1S/C37H37NO4S/c1-27-25-33(17-18-35(27)42-26-37(39)40-3)41-24-20-34(31-13-15-32(16-14-31)36-19-8-28(2)43-36)30-11-9-29(10-12-30)7-6-23-38-21-4-5-22-38/h8-20,25H,4-5,21-24,26H2,1-3H3. The van der Waals surface area contributed by atoms with E-state index < -0.39 is 5.97 Å². The van der Waals surface area contributed by atoms with Crippen LogP contribution in [0.25, 0.3) is 16.0 Å². The van der Waals surface area contributed by atoms with Crippen LogP contribution < -0.4 is 9.47 Å². The number of esters is 1. The van der Waals surface area contributed by atoms with E-state index in [9.17, 15) is 4.79 Å². The number of carbonyl (C=O) groups is 1. The third kappa shape index (κ3) is 8.38. The van der Waals surface area contributed by atoms with Gasteiger partial charge >= 0.3 is 5.97 Å². The van der Waals surface area contributed by atoms with E-state index in [1.54, 1.807) is 11.3 Å². The number of methoxy groups -OCH3 is 1. The normalized spacial score (nSPS) is 13.3. The maximum Gasteiger partial charge on any atom is 0.343 e. The summed E-state index contributed by atoms with van der Waals surface area (Å²) in [4.78, 5) is 16.4. The largest absolute Gasteiger partial charge is 0.489 e. The molecule has 2 heterocycles. The number of benzene rings is 3. The van der Waals surface area contributed by atoms with Gasteiger partial charge in [-0.2, -0.15) is 0 Å². The summed E-state index contributed by atoms with van der Waals surface area (Å²) in [6.45, 7) is 7.46. The minimum Gasteiger partial charge on any atom is -0.489 e. The Balaban J connectivity index is 1.33. The minimum absolute atomic E-state index is 0.128. The lowest BCUT2D eigenvalue weighted by Crippen LogP contribution is -2.18. The number of ether oxygens (including phenoxy) is 3. The van der Waals surface area contributed by atoms with Crippen LogP contribution in [0.3, 0.4) is 0 Å². The first-order valence-electron chi connectivity index (χ1n) is 14.6. The Kier molecular flexibility index (Phi) is 10.3. The fourth-order valence-electron chi connectivity index (χ4n) is 5.02. The second-order valence-electron chi connectivity index (χ2n) is 10.6. The topological polar surface area (TPSA) is 48.0 Å². The van der Waals surface area contributed by atoms with Gasteiger partial charge in [0, 0.05) is 15.3 Å². The Morgan fingerprint density at radius 3 is 2.28 bits per heavy atom. The van der Waals surface area contributed by atoms with Gasteiger partial charge in [0.05, 0.1) is 13.7 Å². The molecule has 1 aromatic heterocycles. The number of thiophene rings is 1. The van der Waals surface area contributed by atoms with Gasteiger partial charge in [-0.05, 0) is 116 Å². The van der Waals surface area contributed by atoms with Crippen LogP contribution in [0.2, 0.25) is 0 Å². The summed E-state index contributed by atoms with van der Waals surface area (Å²) < 4.78 is 16.3. The lowest BCUT2D eigenvalue weighted by molar-refractivity contribution is -0.142. The fourth-order valence-corrected chi connectivity index (χ4v) is 5.90. The molecule has 220 valence electrons. The Hall–Kier alpha value is -4.31. The first-order valence-corrected chi connectivity index (χ1v) is 15.4. The van der Waals surface area contributed by atoms with E-state index in [-0.39, 0.29) is 6.61 Å². The zero-order valence-electron chi connectivity index (χ0n) is 25.0. The molecular weight excluding hydrogens is 554 g/mol. The number of aryl methyl sites for hydroxylation is 2. The lowest BCUT2D eigenvalue weighted by Gasteiger charge is -2.12. The number of rotatable bonds is 10. The number of likely N-dealkylation sites (tertiary alicyclic amines) is 1. The van der Waals surface area contributed by atoms with Crippen LogP contribution in [-0.4, -0.2) is 50.8 Å². The molecule has 1 saturated heterocycles. The molecule has 0 atom stereocenters. The molecule has 1 aliphatic rings. The van der Waals surface area contributed by atoms with Gasteiger partial charge in [-0.25, -0.2) is 4.79 Å². The van der Waals surface area contributed by atoms with E-state index in [1.807, 2.05) is 25.1 Å². The van der Waals surface area contributed by atoms with Crippen LogP contribution in [0.4, 0.5) is 0 Å². The van der Waals surface area contributed by atoms with Gasteiger partial charge in [0.1, 0.15) is 18.1 Å². The maximum absolute atomic E-state index is 11.4. The highest BCUT2D eigenvalue weighted by Crippen LogP contribution is 2.31. The van der Waals surface area contributed by atoms with Crippen molar-refractivity contribution in [2.24, 2.45) is 0 Å². The van der Waals surface area contributed by atoms with E-state index >= 15 is 0 Å². The average Bonchev–Trinajstić information content (AvgIpc) is 3.71. The molecule has 4 aromatic rings. The molecule has 0 unspecified atom stereocenters. The summed E-state index contributed by atoms with van der Waals surface area (Å²) in [5.41, 5.74) is 6.44. The highest BCUT2D eigenvalue weighted by Gasteiger charge is 2.10. The molecule has 1 fully saturated rings. The SMILES string of the molecule is COC(=O)COc1ccc(OCC=C(c2ccc(C#CCN3CCCC3)cc2)c2ccc(-c3ccc(C)s3)cc2)cc1C. The van der Waals surface area contributed by atoms with Crippen molar-refractivity contribution < 1.29 is 19.0 Å². The second-order valence-corrected chi connectivity index (χ2v) is 11.9. The van der Waals surface area contributed by atoms with Crippen molar-refractivity contribution in [1.82, 2.24) is 4.90 Å². The van der Waals surface area contributed by atoms with Gasteiger partial charge in [-0.1, -0.05) is 48.2 Å². The van der Waals surface area contributed by atoms with E-state index in [2.05, 4.69) is 95.1 Å². The van der Waals surface area contributed by atoms with E-state index in [0.717, 1.165) is 53.2 Å². The van der Waals surface area contributed by atoms with Gasteiger partial charge in [-0.15, -0.1) is 11.3 Å². The first-order chi connectivity index (χ1) is 21.0. The molecule has 0 bridgehead atoms. The molecule has 1 aliphatic heterocycles. The second kappa shape index (κ2) is 14.7. The van der Waals surface area contributed by atoms with E-state index in [1.165, 1.54) is 35.3 Å². The molecule has 0 amide bonds. The summed E-state index contributed by atoms with van der Waals surface area (Å²) in [5.74, 6) is 7.60. The summed E-state index contributed by atoms with van der Waals surface area (Å²) in [6, 6.07) is 27.1. The molecule has 6 heteroatoms. The molecule has 0 aliphatic carbocycles. The highest BCUT2D eigenvalue weighted by atomic mass is 32.1. The molecular formula is C37H37NO4S. The van der Waals surface area contributed by atoms with Gasteiger partial charge in [0.2, 0.25) is 0 Å². The fraction of sp³-hybridized carbons (Fsp3) is 0.270. The Labute approximate surface area is 258 Å². The molecule has 43 heavy (non-hydrogen) atoms. The molecule has 0 N–H and O–H groups in total. The third-order valence-electron chi connectivity index (χ3n) is 7.41. The zero-order chi connectivity index (χ0) is 30.0. The summed E-state index contributed by atoms with van der Waals surface area (Å²) in [5, 5.41) is 0. The van der Waals surface area contributed by atoms with Crippen molar-refractivity contribution in [1.29, 1.82) is 0 Å². The summed E-state index contributed by atoms with van der Waals surface area (Å²) in [7, 11) is 1.34. The van der Waals surface area contributed by atoms with Crippen molar-refractivity contribution in [2.45, 2.75) is 26.7 Å². The van der Waals surface area contributed by atoms with Crippen LogP contribution in [0.15, 0.2) is 84.9 Å². The molecule has 0 spiro atoms. The quantitative estimate of drug-likeness (QED) is 0.141. The summed E-state index contributed by atoms with van der Waals surface area (Å²) in [6.07, 6.45) is 4.68. The van der Waals surface area contributed by atoms with Crippen LogP contribution in [0, 0.1) is 25.7 Å². The van der Waals surface area contributed by atoms with E-state index in [0.29, 0.717) is 12.4 Å². The predicted octanol–water partition coefficient (Wildman–Crippen LogP) is 7.54. The smallest absolute Gasteiger partial charge is 0.343 e. The van der Waals surface area contributed by atoms with Crippen LogP contribution in [-0.2, 0) is 9.53 Å². The van der Waals surface area contributed by atoms with Crippen LogP contribution >= 0.6 is 11.3 Å². The molecule has 0 radical (unpaired) electrons. The minimum atomic E-state index is -0.418. The lowest BCUT2D eigenvalue weighted by atomic mass is 9.95. The zero-order valence-corrected chi connectivity index (χ0v) is 25.8. The number of hydrogen-bond acceptors (Lipinski definition) is 6. The highest BCUT2D eigenvalue weighted by molar-refractivity contribution is 7.15. The van der Waals surface area contributed by atoms with Crippen molar-refractivity contribution in [3.05, 3.63) is 112 Å². The monoisotopic (exact) mass is 591 g/mol. The molecule has 3 aromatic carbocycles. The predicted molar refractivity (Wildman–Crippen MR) is 175 cm³/mol. The van der Waals surface area contributed by atoms with Crippen LogP contribution in [0.1, 0.15) is 40.0 Å². The van der Waals surface area contributed by atoms with Gasteiger partial charge < -0.3 is 14.2 Å². The number of carbonyl (C=O) groups excluding carboxylic acids is 1.